The third-order valence-electron chi connectivity index (χ3n) is 3.55. The number of hydrogen-bond donors (Lipinski definition) is 2. The minimum atomic E-state index is -3.74. The van der Waals surface area contributed by atoms with Crippen molar-refractivity contribution in [2.75, 3.05) is 26.7 Å². The number of aromatic nitrogens is 2. The lowest BCUT2D eigenvalue weighted by Crippen LogP contribution is -2.49. The van der Waals surface area contributed by atoms with Crippen LogP contribution in [0.4, 0.5) is 0 Å². The molecule has 1 amide bonds. The molecule has 0 aromatic carbocycles. The van der Waals surface area contributed by atoms with Gasteiger partial charge in [0.05, 0.1) is 12.9 Å². The Kier molecular flexibility index (Phi) is 6.79. The third kappa shape index (κ3) is 4.67. The van der Waals surface area contributed by atoms with Gasteiger partial charge in [-0.05, 0) is 19.9 Å². The summed E-state index contributed by atoms with van der Waals surface area (Å²) in [4.78, 5) is 17.6. The van der Waals surface area contributed by atoms with Gasteiger partial charge in [0.2, 0.25) is 5.91 Å². The van der Waals surface area contributed by atoms with Crippen LogP contribution in [0, 0.1) is 0 Å². The summed E-state index contributed by atoms with van der Waals surface area (Å²) < 4.78 is 27.8. The largest absolute Gasteiger partial charge is 0.340 e. The van der Waals surface area contributed by atoms with Gasteiger partial charge in [-0.1, -0.05) is 0 Å². The number of likely N-dealkylation sites (tertiary alicyclic amines) is 1. The van der Waals surface area contributed by atoms with Gasteiger partial charge < -0.3 is 14.8 Å². The van der Waals surface area contributed by atoms with E-state index in [0.29, 0.717) is 13.1 Å². The van der Waals surface area contributed by atoms with Gasteiger partial charge in [-0.2, -0.15) is 0 Å². The first-order valence-corrected chi connectivity index (χ1v) is 8.33. The summed E-state index contributed by atoms with van der Waals surface area (Å²) in [7, 11) is -0.190. The van der Waals surface area contributed by atoms with Crippen molar-refractivity contribution < 1.29 is 13.2 Å². The number of sulfonamides is 1. The molecule has 2 rings (SSSR count). The molecule has 1 aliphatic rings. The highest BCUT2D eigenvalue weighted by molar-refractivity contribution is 7.89. The fraction of sp³-hybridized carbons (Fsp3) is 0.667. The molecule has 1 aromatic heterocycles. The maximum absolute atomic E-state index is 12.1. The summed E-state index contributed by atoms with van der Waals surface area (Å²) in [5.74, 6) is -0.213. The maximum atomic E-state index is 12.1. The van der Waals surface area contributed by atoms with E-state index in [2.05, 4.69) is 15.0 Å². The molecular weight excluding hydrogens is 330 g/mol. The van der Waals surface area contributed by atoms with Crippen molar-refractivity contribution in [1.82, 2.24) is 24.5 Å². The smallest absolute Gasteiger partial charge is 0.260 e. The molecule has 22 heavy (non-hydrogen) atoms. The average Bonchev–Trinajstić information content (AvgIpc) is 2.92. The first-order valence-electron chi connectivity index (χ1n) is 6.85. The number of likely N-dealkylation sites (N-methyl/N-ethyl adjacent to an activating group) is 1. The van der Waals surface area contributed by atoms with E-state index in [1.54, 1.807) is 16.5 Å². The lowest BCUT2D eigenvalue weighted by molar-refractivity contribution is -0.131. The highest BCUT2D eigenvalue weighted by Crippen LogP contribution is 2.10. The second-order valence-electron chi connectivity index (χ2n) is 5.17. The monoisotopic (exact) mass is 351 g/mol. The van der Waals surface area contributed by atoms with Crippen LogP contribution in [-0.2, 0) is 21.9 Å². The minimum absolute atomic E-state index is 0. The van der Waals surface area contributed by atoms with Crippen LogP contribution in [0.15, 0.2) is 17.6 Å². The summed E-state index contributed by atoms with van der Waals surface area (Å²) in [6.45, 7) is 1.04. The molecule has 8 nitrogen and oxygen atoms in total. The number of nitrogens with zero attached hydrogens (tertiary/aromatic N) is 3. The van der Waals surface area contributed by atoms with Crippen molar-refractivity contribution in [2.24, 2.45) is 7.05 Å². The van der Waals surface area contributed by atoms with Crippen LogP contribution >= 0.6 is 12.4 Å². The summed E-state index contributed by atoms with van der Waals surface area (Å²) in [5, 5.41) is 3.07. The number of hydrogen-bond acceptors (Lipinski definition) is 5. The fourth-order valence-electron chi connectivity index (χ4n) is 2.31. The van der Waals surface area contributed by atoms with Gasteiger partial charge in [0.1, 0.15) is 0 Å². The molecule has 2 N–H and O–H groups in total. The van der Waals surface area contributed by atoms with E-state index in [0.717, 1.165) is 12.8 Å². The van der Waals surface area contributed by atoms with Crippen LogP contribution < -0.4 is 10.0 Å². The molecular formula is C12H22ClN5O3S. The molecule has 10 heteroatoms. The molecule has 0 bridgehead atoms. The van der Waals surface area contributed by atoms with Gasteiger partial charge in [-0.25, -0.2) is 18.1 Å². The minimum Gasteiger partial charge on any atom is -0.340 e. The molecule has 0 spiro atoms. The Morgan fingerprint density at radius 1 is 1.50 bits per heavy atom. The van der Waals surface area contributed by atoms with Crippen LogP contribution in [0.1, 0.15) is 12.8 Å². The van der Waals surface area contributed by atoms with Gasteiger partial charge in [0.15, 0.2) is 5.03 Å². The Balaban J connectivity index is 0.00000242. The Morgan fingerprint density at radius 2 is 2.23 bits per heavy atom. The fourth-order valence-corrected chi connectivity index (χ4v) is 3.26. The van der Waals surface area contributed by atoms with Crippen molar-refractivity contribution >= 4 is 28.3 Å². The van der Waals surface area contributed by atoms with Crippen LogP contribution in [-0.4, -0.2) is 61.5 Å². The van der Waals surface area contributed by atoms with Crippen molar-refractivity contribution in [1.29, 1.82) is 0 Å². The predicted octanol–water partition coefficient (Wildman–Crippen LogP) is -0.669. The molecule has 2 heterocycles. The Bertz CT molecular complexity index is 604. The zero-order valence-corrected chi connectivity index (χ0v) is 14.3. The standard InChI is InChI=1S/C12H21N5O3S.ClH/c1-13-10-4-3-5-17(7-10)12(18)6-15-21(19,20)11-8-16(2)9-14-11;/h8-10,13,15H,3-7H2,1-2H3;1H. The van der Waals surface area contributed by atoms with Crippen molar-refractivity contribution in [3.8, 4) is 0 Å². The molecule has 1 saturated heterocycles. The zero-order valence-electron chi connectivity index (χ0n) is 12.7. The number of carbonyl (C=O) groups excluding carboxylic acids is 1. The molecule has 1 aromatic rings. The number of imidazole rings is 1. The van der Waals surface area contributed by atoms with Gasteiger partial charge in [0.25, 0.3) is 10.0 Å². The second-order valence-corrected chi connectivity index (χ2v) is 6.88. The van der Waals surface area contributed by atoms with Crippen LogP contribution in [0.3, 0.4) is 0 Å². The van der Waals surface area contributed by atoms with E-state index in [1.807, 2.05) is 7.05 Å². The SMILES string of the molecule is CNC1CCCN(C(=O)CNS(=O)(=O)c2cn(C)cn2)C1.Cl. The average molecular weight is 352 g/mol. The van der Waals surface area contributed by atoms with E-state index in [4.69, 9.17) is 0 Å². The van der Waals surface area contributed by atoms with Crippen molar-refractivity contribution in [3.63, 3.8) is 0 Å². The summed E-state index contributed by atoms with van der Waals surface area (Å²) in [6.07, 6.45) is 4.74. The third-order valence-corrected chi connectivity index (χ3v) is 4.84. The number of piperidine rings is 1. The van der Waals surface area contributed by atoms with Crippen molar-refractivity contribution in [2.45, 2.75) is 23.9 Å². The van der Waals surface area contributed by atoms with Crippen LogP contribution in [0.5, 0.6) is 0 Å². The number of nitrogens with one attached hydrogen (secondary N) is 2. The molecule has 1 aliphatic heterocycles. The number of aryl methyl sites for hydroxylation is 1. The van der Waals surface area contributed by atoms with E-state index >= 15 is 0 Å². The van der Waals surface area contributed by atoms with Crippen LogP contribution in [0.2, 0.25) is 0 Å². The first kappa shape index (κ1) is 18.9. The molecule has 0 aliphatic carbocycles. The Morgan fingerprint density at radius 3 is 2.82 bits per heavy atom. The van der Waals surface area contributed by atoms with E-state index in [9.17, 15) is 13.2 Å². The Labute approximate surface area is 136 Å². The normalized spacial score (nSPS) is 18.8. The van der Waals surface area contributed by atoms with Gasteiger partial charge in [-0.3, -0.25) is 4.79 Å². The molecule has 126 valence electrons. The Hall–Kier alpha value is -1.16. The van der Waals surface area contributed by atoms with Gasteiger partial charge in [-0.15, -0.1) is 12.4 Å². The van der Waals surface area contributed by atoms with Crippen molar-refractivity contribution in [3.05, 3.63) is 12.5 Å². The lowest BCUT2D eigenvalue weighted by atomic mass is 10.1. The first-order chi connectivity index (χ1) is 9.92. The van der Waals surface area contributed by atoms with E-state index in [1.165, 1.54) is 12.5 Å². The lowest BCUT2D eigenvalue weighted by Gasteiger charge is -2.32. The molecule has 1 atom stereocenters. The molecule has 1 fully saturated rings. The highest BCUT2D eigenvalue weighted by Gasteiger charge is 2.24. The predicted molar refractivity (Wildman–Crippen MR) is 84.3 cm³/mol. The molecule has 0 radical (unpaired) electrons. The van der Waals surface area contributed by atoms with Gasteiger partial charge in [0, 0.05) is 32.4 Å². The zero-order chi connectivity index (χ0) is 15.5. The second kappa shape index (κ2) is 7.91. The number of halogens is 1. The van der Waals surface area contributed by atoms with E-state index < -0.39 is 10.0 Å². The number of rotatable bonds is 5. The quantitative estimate of drug-likeness (QED) is 0.733. The summed E-state index contributed by atoms with van der Waals surface area (Å²) in [6, 6.07) is 0.273. The van der Waals surface area contributed by atoms with Gasteiger partial charge >= 0.3 is 0 Å². The highest BCUT2D eigenvalue weighted by atomic mass is 35.5. The van der Waals surface area contributed by atoms with E-state index in [-0.39, 0.29) is 35.9 Å². The molecule has 1 unspecified atom stereocenters. The number of amides is 1. The molecule has 0 saturated carbocycles. The number of carbonyl (C=O) groups is 1. The van der Waals surface area contributed by atoms with Crippen LogP contribution in [0.25, 0.3) is 0 Å². The maximum Gasteiger partial charge on any atom is 0.260 e. The topological polar surface area (TPSA) is 96.3 Å². The summed E-state index contributed by atoms with van der Waals surface area (Å²) >= 11 is 0. The summed E-state index contributed by atoms with van der Waals surface area (Å²) in [5.41, 5.74) is 0.